The summed E-state index contributed by atoms with van der Waals surface area (Å²) >= 11 is 5.90. The maximum absolute atomic E-state index is 12.2. The summed E-state index contributed by atoms with van der Waals surface area (Å²) in [5.74, 6) is -0.245. The van der Waals surface area contributed by atoms with Gasteiger partial charge in [0.05, 0.1) is 13.7 Å². The van der Waals surface area contributed by atoms with Gasteiger partial charge in [0, 0.05) is 23.2 Å². The molecule has 0 unspecified atom stereocenters. The fraction of sp³-hybridized carbons (Fsp3) is 0.412. The second-order valence-electron chi connectivity index (χ2n) is 5.14. The minimum atomic E-state index is -0.385. The van der Waals surface area contributed by atoms with E-state index in [9.17, 15) is 9.59 Å². The minimum Gasteiger partial charge on any atom is -0.469 e. The highest BCUT2D eigenvalue weighted by Gasteiger charge is 2.19. The van der Waals surface area contributed by atoms with Crippen molar-refractivity contribution < 1.29 is 19.1 Å². The van der Waals surface area contributed by atoms with Crippen molar-refractivity contribution in [1.82, 2.24) is 4.98 Å². The highest BCUT2D eigenvalue weighted by Crippen LogP contribution is 2.26. The van der Waals surface area contributed by atoms with Crippen LogP contribution in [0.25, 0.3) is 10.9 Å². The van der Waals surface area contributed by atoms with E-state index in [4.69, 9.17) is 16.3 Å². The Morgan fingerprint density at radius 2 is 2.09 bits per heavy atom. The number of esters is 2. The van der Waals surface area contributed by atoms with Gasteiger partial charge in [-0.25, -0.2) is 4.79 Å². The van der Waals surface area contributed by atoms with Gasteiger partial charge in [-0.3, -0.25) is 4.79 Å². The van der Waals surface area contributed by atoms with Gasteiger partial charge >= 0.3 is 11.9 Å². The van der Waals surface area contributed by atoms with Gasteiger partial charge in [-0.2, -0.15) is 0 Å². The van der Waals surface area contributed by atoms with E-state index in [2.05, 4.69) is 9.72 Å². The third-order valence-electron chi connectivity index (χ3n) is 3.64. The zero-order valence-electron chi connectivity index (χ0n) is 13.3. The van der Waals surface area contributed by atoms with E-state index in [-0.39, 0.29) is 11.9 Å². The summed E-state index contributed by atoms with van der Waals surface area (Å²) in [6.45, 7) is 2.08. The van der Waals surface area contributed by atoms with Crippen LogP contribution in [0.1, 0.15) is 41.4 Å². The minimum absolute atomic E-state index is 0.260. The van der Waals surface area contributed by atoms with Crippen molar-refractivity contribution in [1.29, 1.82) is 0 Å². The molecule has 0 aliphatic carbocycles. The third kappa shape index (κ3) is 4.05. The molecule has 0 saturated carbocycles. The summed E-state index contributed by atoms with van der Waals surface area (Å²) in [7, 11) is 1.37. The lowest BCUT2D eigenvalue weighted by molar-refractivity contribution is -0.140. The first-order valence-corrected chi connectivity index (χ1v) is 8.07. The standard InChI is InChI=1S/C17H20ClNO4/c1-3-23-17(21)16-12(5-4-6-15(20)22-2)13-9-11(10-18)7-8-14(13)19-16/h7-9,19H,3-6,10H2,1-2H3. The summed E-state index contributed by atoms with van der Waals surface area (Å²) in [6, 6.07) is 5.79. The third-order valence-corrected chi connectivity index (χ3v) is 3.95. The highest BCUT2D eigenvalue weighted by atomic mass is 35.5. The van der Waals surface area contributed by atoms with Crippen LogP contribution in [0.15, 0.2) is 18.2 Å². The first-order valence-electron chi connectivity index (χ1n) is 7.54. The molecule has 5 nitrogen and oxygen atoms in total. The molecule has 0 aliphatic heterocycles. The van der Waals surface area contributed by atoms with Crippen molar-refractivity contribution in [2.45, 2.75) is 32.1 Å². The average molecular weight is 338 g/mol. The molecule has 0 saturated heterocycles. The number of methoxy groups -OCH3 is 1. The molecular formula is C17H20ClNO4. The summed E-state index contributed by atoms with van der Waals surface area (Å²) in [4.78, 5) is 26.6. The SMILES string of the molecule is CCOC(=O)c1[nH]c2ccc(CCl)cc2c1CCCC(=O)OC. The van der Waals surface area contributed by atoms with E-state index in [0.717, 1.165) is 22.0 Å². The summed E-state index contributed by atoms with van der Waals surface area (Å²) in [5.41, 5.74) is 3.13. The number of H-pyrrole nitrogens is 1. The predicted molar refractivity (Wildman–Crippen MR) is 88.8 cm³/mol. The number of ether oxygens (including phenoxy) is 2. The van der Waals surface area contributed by atoms with Crippen LogP contribution < -0.4 is 0 Å². The Labute approximate surface area is 139 Å². The van der Waals surface area contributed by atoms with Crippen molar-refractivity contribution in [2.24, 2.45) is 0 Å². The van der Waals surface area contributed by atoms with Gasteiger partial charge in [-0.15, -0.1) is 11.6 Å². The van der Waals surface area contributed by atoms with Gasteiger partial charge < -0.3 is 14.5 Å². The van der Waals surface area contributed by atoms with Crippen LogP contribution in [0, 0.1) is 0 Å². The van der Waals surface area contributed by atoms with E-state index in [0.29, 0.717) is 37.4 Å². The Hall–Kier alpha value is -2.01. The van der Waals surface area contributed by atoms with Crippen LogP contribution in [0.5, 0.6) is 0 Å². The van der Waals surface area contributed by atoms with Crippen molar-refractivity contribution in [2.75, 3.05) is 13.7 Å². The van der Waals surface area contributed by atoms with Crippen LogP contribution >= 0.6 is 11.6 Å². The summed E-state index contributed by atoms with van der Waals surface area (Å²) in [5, 5.41) is 0.941. The fourth-order valence-corrected chi connectivity index (χ4v) is 2.69. The number of benzene rings is 1. The average Bonchev–Trinajstić information content (AvgIpc) is 2.92. The Morgan fingerprint density at radius 3 is 2.74 bits per heavy atom. The van der Waals surface area contributed by atoms with Crippen molar-refractivity contribution in [3.8, 4) is 0 Å². The number of aromatic amines is 1. The van der Waals surface area contributed by atoms with Gasteiger partial charge in [0.25, 0.3) is 0 Å². The Bertz CT molecular complexity index is 708. The lowest BCUT2D eigenvalue weighted by Crippen LogP contribution is -2.08. The fourth-order valence-electron chi connectivity index (χ4n) is 2.53. The van der Waals surface area contributed by atoms with Crippen molar-refractivity contribution >= 4 is 34.4 Å². The quantitative estimate of drug-likeness (QED) is 0.619. The van der Waals surface area contributed by atoms with Crippen LogP contribution in [0.3, 0.4) is 0 Å². The normalized spacial score (nSPS) is 10.7. The molecule has 2 rings (SSSR count). The molecule has 0 amide bonds. The number of rotatable bonds is 7. The lowest BCUT2D eigenvalue weighted by Gasteiger charge is -2.05. The Balaban J connectivity index is 2.36. The van der Waals surface area contributed by atoms with Crippen LogP contribution in [-0.4, -0.2) is 30.6 Å². The Morgan fingerprint density at radius 1 is 1.30 bits per heavy atom. The number of nitrogens with one attached hydrogen (secondary N) is 1. The number of fused-ring (bicyclic) bond motifs is 1. The molecule has 1 aromatic carbocycles. The van der Waals surface area contributed by atoms with Gasteiger partial charge in [0.15, 0.2) is 0 Å². The van der Waals surface area contributed by atoms with Crippen LogP contribution in [-0.2, 0) is 26.6 Å². The lowest BCUT2D eigenvalue weighted by atomic mass is 10.0. The number of hydrogen-bond donors (Lipinski definition) is 1. The van der Waals surface area contributed by atoms with Crippen LogP contribution in [0.4, 0.5) is 0 Å². The summed E-state index contributed by atoms with van der Waals surface area (Å²) < 4.78 is 9.77. The molecular weight excluding hydrogens is 318 g/mol. The molecule has 1 N–H and O–H groups in total. The Kier molecular flexibility index (Phi) is 6.04. The molecule has 2 aromatic rings. The maximum Gasteiger partial charge on any atom is 0.355 e. The molecule has 0 fully saturated rings. The second kappa shape index (κ2) is 8.02. The molecule has 23 heavy (non-hydrogen) atoms. The number of alkyl halides is 1. The van der Waals surface area contributed by atoms with E-state index >= 15 is 0 Å². The molecule has 1 heterocycles. The second-order valence-corrected chi connectivity index (χ2v) is 5.41. The number of hydrogen-bond acceptors (Lipinski definition) is 4. The number of aryl methyl sites for hydroxylation is 1. The molecule has 0 radical (unpaired) electrons. The molecule has 0 spiro atoms. The zero-order chi connectivity index (χ0) is 16.8. The summed E-state index contributed by atoms with van der Waals surface area (Å²) in [6.07, 6.45) is 1.48. The molecule has 0 bridgehead atoms. The van der Waals surface area contributed by atoms with E-state index < -0.39 is 0 Å². The molecule has 1 aromatic heterocycles. The maximum atomic E-state index is 12.2. The van der Waals surface area contributed by atoms with E-state index in [1.54, 1.807) is 6.92 Å². The number of halogens is 1. The topological polar surface area (TPSA) is 68.4 Å². The number of carbonyl (C=O) groups is 2. The van der Waals surface area contributed by atoms with Crippen LogP contribution in [0.2, 0.25) is 0 Å². The van der Waals surface area contributed by atoms with E-state index in [1.165, 1.54) is 7.11 Å². The number of aromatic nitrogens is 1. The molecule has 6 heteroatoms. The first-order chi connectivity index (χ1) is 11.1. The molecule has 124 valence electrons. The molecule has 0 atom stereocenters. The number of carbonyl (C=O) groups excluding carboxylic acids is 2. The monoisotopic (exact) mass is 337 g/mol. The largest absolute Gasteiger partial charge is 0.469 e. The highest BCUT2D eigenvalue weighted by molar-refractivity contribution is 6.17. The molecule has 0 aliphatic rings. The van der Waals surface area contributed by atoms with Gasteiger partial charge in [-0.05, 0) is 43.0 Å². The zero-order valence-corrected chi connectivity index (χ0v) is 14.0. The first kappa shape index (κ1) is 17.3. The van der Waals surface area contributed by atoms with Crippen molar-refractivity contribution in [3.05, 3.63) is 35.0 Å². The van der Waals surface area contributed by atoms with Gasteiger partial charge in [0.1, 0.15) is 5.69 Å². The van der Waals surface area contributed by atoms with Crippen molar-refractivity contribution in [3.63, 3.8) is 0 Å². The van der Waals surface area contributed by atoms with Gasteiger partial charge in [0.2, 0.25) is 0 Å². The van der Waals surface area contributed by atoms with Gasteiger partial charge in [-0.1, -0.05) is 6.07 Å². The predicted octanol–water partition coefficient (Wildman–Crippen LogP) is 3.58. The van der Waals surface area contributed by atoms with E-state index in [1.807, 2.05) is 18.2 Å². The smallest absolute Gasteiger partial charge is 0.355 e.